The molecule has 0 radical (unpaired) electrons. The molecule has 0 saturated heterocycles. The molecule has 0 aliphatic carbocycles. The maximum absolute atomic E-state index is 6.04. The monoisotopic (exact) mass is 241 g/mol. The summed E-state index contributed by atoms with van der Waals surface area (Å²) in [7, 11) is 0. The van der Waals surface area contributed by atoms with Crippen LogP contribution in [-0.2, 0) is 6.54 Å². The maximum Gasteiger partial charge on any atom is 0.0498 e. The fourth-order valence-corrected chi connectivity index (χ4v) is 2.24. The standard InChI is InChI=1S/C15H12ClN/c16-14-7-6-13-8-9-17(15(13)10-14)11-12-4-2-1-3-5-12/h1-10H,11H2. The Bertz CT molecular complexity index is 640. The molecule has 0 fully saturated rings. The van der Waals surface area contributed by atoms with Crippen molar-refractivity contribution in [3.63, 3.8) is 0 Å². The lowest BCUT2D eigenvalue weighted by Gasteiger charge is -2.05. The van der Waals surface area contributed by atoms with E-state index < -0.39 is 0 Å². The molecule has 0 atom stereocenters. The van der Waals surface area contributed by atoms with E-state index in [2.05, 4.69) is 47.2 Å². The molecule has 17 heavy (non-hydrogen) atoms. The molecule has 0 bridgehead atoms. The Hall–Kier alpha value is -1.73. The van der Waals surface area contributed by atoms with Gasteiger partial charge in [0.15, 0.2) is 0 Å². The molecule has 0 N–H and O–H groups in total. The van der Waals surface area contributed by atoms with Crippen LogP contribution in [0, 0.1) is 0 Å². The van der Waals surface area contributed by atoms with E-state index >= 15 is 0 Å². The van der Waals surface area contributed by atoms with Crippen molar-refractivity contribution in [3.8, 4) is 0 Å². The molecular formula is C15H12ClN. The summed E-state index contributed by atoms with van der Waals surface area (Å²) in [5.74, 6) is 0. The first-order chi connectivity index (χ1) is 8.33. The highest BCUT2D eigenvalue weighted by molar-refractivity contribution is 6.31. The molecule has 0 aliphatic heterocycles. The lowest BCUT2D eigenvalue weighted by Crippen LogP contribution is -1.97. The second kappa shape index (κ2) is 4.27. The van der Waals surface area contributed by atoms with Gasteiger partial charge in [-0.05, 0) is 29.1 Å². The zero-order valence-electron chi connectivity index (χ0n) is 9.31. The van der Waals surface area contributed by atoms with Gasteiger partial charge in [0.05, 0.1) is 0 Å². The molecule has 0 spiro atoms. The summed E-state index contributed by atoms with van der Waals surface area (Å²) in [6.45, 7) is 0.880. The lowest BCUT2D eigenvalue weighted by atomic mass is 10.2. The van der Waals surface area contributed by atoms with Gasteiger partial charge in [0, 0.05) is 23.3 Å². The maximum atomic E-state index is 6.04. The van der Waals surface area contributed by atoms with E-state index in [9.17, 15) is 0 Å². The zero-order valence-corrected chi connectivity index (χ0v) is 10.1. The highest BCUT2D eigenvalue weighted by Crippen LogP contribution is 2.21. The molecule has 2 heteroatoms. The van der Waals surface area contributed by atoms with E-state index in [0.717, 1.165) is 11.6 Å². The summed E-state index contributed by atoms with van der Waals surface area (Å²) in [6.07, 6.45) is 2.11. The summed E-state index contributed by atoms with van der Waals surface area (Å²) >= 11 is 6.04. The fourth-order valence-electron chi connectivity index (χ4n) is 2.08. The molecule has 1 heterocycles. The molecule has 1 nitrogen and oxygen atoms in total. The Morgan fingerprint density at radius 1 is 0.941 bits per heavy atom. The normalized spacial score (nSPS) is 10.9. The van der Waals surface area contributed by atoms with Crippen molar-refractivity contribution >= 4 is 22.5 Å². The molecule has 0 aliphatic rings. The topological polar surface area (TPSA) is 4.93 Å². The van der Waals surface area contributed by atoms with Crippen LogP contribution in [0.5, 0.6) is 0 Å². The second-order valence-electron chi connectivity index (χ2n) is 4.13. The second-order valence-corrected chi connectivity index (χ2v) is 4.57. The van der Waals surface area contributed by atoms with Crippen LogP contribution in [0.4, 0.5) is 0 Å². The van der Waals surface area contributed by atoms with Crippen molar-refractivity contribution in [1.29, 1.82) is 0 Å². The van der Waals surface area contributed by atoms with Crippen LogP contribution >= 0.6 is 11.6 Å². The van der Waals surface area contributed by atoms with Crippen molar-refractivity contribution < 1.29 is 0 Å². The third-order valence-corrected chi connectivity index (χ3v) is 3.17. The van der Waals surface area contributed by atoms with Crippen LogP contribution in [0.15, 0.2) is 60.8 Å². The number of benzene rings is 2. The summed E-state index contributed by atoms with van der Waals surface area (Å²) < 4.78 is 2.22. The predicted molar refractivity (Wildman–Crippen MR) is 72.5 cm³/mol. The summed E-state index contributed by atoms with van der Waals surface area (Å²) in [5.41, 5.74) is 2.48. The Labute approximate surface area is 105 Å². The van der Waals surface area contributed by atoms with Crippen molar-refractivity contribution in [2.75, 3.05) is 0 Å². The first-order valence-corrected chi connectivity index (χ1v) is 5.99. The Morgan fingerprint density at radius 3 is 2.59 bits per heavy atom. The SMILES string of the molecule is Clc1ccc2ccn(Cc3ccccc3)c2c1. The minimum atomic E-state index is 0.783. The molecule has 0 saturated carbocycles. The van der Waals surface area contributed by atoms with Gasteiger partial charge in [-0.25, -0.2) is 0 Å². The number of hydrogen-bond donors (Lipinski definition) is 0. The van der Waals surface area contributed by atoms with Gasteiger partial charge in [-0.15, -0.1) is 0 Å². The van der Waals surface area contributed by atoms with E-state index in [4.69, 9.17) is 11.6 Å². The van der Waals surface area contributed by atoms with Crippen LogP contribution in [0.25, 0.3) is 10.9 Å². The number of nitrogens with zero attached hydrogens (tertiary/aromatic N) is 1. The number of rotatable bonds is 2. The van der Waals surface area contributed by atoms with Gasteiger partial charge < -0.3 is 4.57 Å². The summed E-state index contributed by atoms with van der Waals surface area (Å²) in [4.78, 5) is 0. The number of hydrogen-bond acceptors (Lipinski definition) is 0. The molecule has 2 aromatic carbocycles. The van der Waals surface area contributed by atoms with Crippen molar-refractivity contribution in [2.24, 2.45) is 0 Å². The van der Waals surface area contributed by atoms with Crippen molar-refractivity contribution in [1.82, 2.24) is 4.57 Å². The van der Waals surface area contributed by atoms with E-state index in [-0.39, 0.29) is 0 Å². The molecule has 0 unspecified atom stereocenters. The zero-order chi connectivity index (χ0) is 11.7. The highest BCUT2D eigenvalue weighted by Gasteiger charge is 2.02. The Morgan fingerprint density at radius 2 is 1.76 bits per heavy atom. The van der Waals surface area contributed by atoms with E-state index in [1.807, 2.05) is 18.2 Å². The first-order valence-electron chi connectivity index (χ1n) is 5.61. The molecular weight excluding hydrogens is 230 g/mol. The molecule has 3 rings (SSSR count). The highest BCUT2D eigenvalue weighted by atomic mass is 35.5. The molecule has 84 valence electrons. The minimum Gasteiger partial charge on any atom is -0.343 e. The van der Waals surface area contributed by atoms with Crippen molar-refractivity contribution in [2.45, 2.75) is 6.54 Å². The Balaban J connectivity index is 2.03. The van der Waals surface area contributed by atoms with E-state index in [1.54, 1.807) is 0 Å². The van der Waals surface area contributed by atoms with Gasteiger partial charge in [0.1, 0.15) is 0 Å². The van der Waals surface area contributed by atoms with Gasteiger partial charge in [-0.1, -0.05) is 48.0 Å². The van der Waals surface area contributed by atoms with Crippen LogP contribution < -0.4 is 0 Å². The minimum absolute atomic E-state index is 0.783. The largest absolute Gasteiger partial charge is 0.343 e. The third-order valence-electron chi connectivity index (χ3n) is 2.93. The van der Waals surface area contributed by atoms with Crippen LogP contribution in [-0.4, -0.2) is 4.57 Å². The quantitative estimate of drug-likeness (QED) is 0.629. The predicted octanol–water partition coefficient (Wildman–Crippen LogP) is 4.34. The molecule has 3 aromatic rings. The summed E-state index contributed by atoms with van der Waals surface area (Å²) in [5, 5.41) is 2.01. The fraction of sp³-hybridized carbons (Fsp3) is 0.0667. The van der Waals surface area contributed by atoms with Gasteiger partial charge in [-0.2, -0.15) is 0 Å². The number of halogens is 1. The average Bonchev–Trinajstić information content (AvgIpc) is 2.73. The van der Waals surface area contributed by atoms with Gasteiger partial charge in [-0.3, -0.25) is 0 Å². The molecule has 1 aromatic heterocycles. The third kappa shape index (κ3) is 2.06. The van der Waals surface area contributed by atoms with Crippen LogP contribution in [0.3, 0.4) is 0 Å². The first kappa shape index (κ1) is 10.4. The van der Waals surface area contributed by atoms with Gasteiger partial charge in [0.25, 0.3) is 0 Å². The molecule has 0 amide bonds. The Kier molecular flexibility index (Phi) is 2.62. The van der Waals surface area contributed by atoms with Gasteiger partial charge >= 0.3 is 0 Å². The van der Waals surface area contributed by atoms with Crippen LogP contribution in [0.1, 0.15) is 5.56 Å². The number of fused-ring (bicyclic) bond motifs is 1. The van der Waals surface area contributed by atoms with E-state index in [1.165, 1.54) is 16.5 Å². The van der Waals surface area contributed by atoms with Crippen LogP contribution in [0.2, 0.25) is 5.02 Å². The van der Waals surface area contributed by atoms with E-state index in [0.29, 0.717) is 0 Å². The smallest absolute Gasteiger partial charge is 0.0498 e. The van der Waals surface area contributed by atoms with Crippen molar-refractivity contribution in [3.05, 3.63) is 71.4 Å². The lowest BCUT2D eigenvalue weighted by molar-refractivity contribution is 0.837. The average molecular weight is 242 g/mol. The summed E-state index contributed by atoms with van der Waals surface area (Å²) in [6, 6.07) is 18.5. The van der Waals surface area contributed by atoms with Gasteiger partial charge in [0.2, 0.25) is 0 Å². The number of aromatic nitrogens is 1.